The predicted molar refractivity (Wildman–Crippen MR) is 130 cm³/mol. The number of hydrazone groups is 1. The molecule has 0 unspecified atom stereocenters. The van der Waals surface area contributed by atoms with E-state index in [1.54, 1.807) is 49.4 Å². The zero-order valence-electron chi connectivity index (χ0n) is 19.5. The van der Waals surface area contributed by atoms with Gasteiger partial charge < -0.3 is 18.9 Å². The number of nitrogens with zero attached hydrogens (tertiary/aromatic N) is 2. The van der Waals surface area contributed by atoms with Crippen LogP contribution in [0.4, 0.5) is 5.69 Å². The van der Waals surface area contributed by atoms with E-state index in [9.17, 15) is 19.7 Å². The fourth-order valence-corrected chi connectivity index (χ4v) is 2.87. The molecule has 36 heavy (non-hydrogen) atoms. The molecule has 0 aliphatic carbocycles. The van der Waals surface area contributed by atoms with Crippen molar-refractivity contribution in [2.24, 2.45) is 5.10 Å². The van der Waals surface area contributed by atoms with E-state index in [2.05, 4.69) is 10.5 Å². The van der Waals surface area contributed by atoms with Gasteiger partial charge in [-0.25, -0.2) is 10.2 Å². The Hall–Kier alpha value is -4.93. The highest BCUT2D eigenvalue weighted by Crippen LogP contribution is 2.29. The summed E-state index contributed by atoms with van der Waals surface area (Å²) in [6.45, 7) is 1.80. The molecule has 11 heteroatoms. The van der Waals surface area contributed by atoms with Gasteiger partial charge in [-0.15, -0.1) is 0 Å². The molecule has 0 aliphatic rings. The molecule has 1 N–H and O–H groups in total. The van der Waals surface area contributed by atoms with Crippen LogP contribution in [0.3, 0.4) is 0 Å². The van der Waals surface area contributed by atoms with Crippen molar-refractivity contribution >= 4 is 23.8 Å². The zero-order chi connectivity index (χ0) is 25.9. The van der Waals surface area contributed by atoms with Crippen LogP contribution in [0, 0.1) is 10.1 Å². The van der Waals surface area contributed by atoms with Crippen LogP contribution in [-0.2, 0) is 4.79 Å². The van der Waals surface area contributed by atoms with Crippen molar-refractivity contribution in [2.75, 3.05) is 20.3 Å². The quantitative estimate of drug-likeness (QED) is 0.140. The first-order valence-corrected chi connectivity index (χ1v) is 10.7. The molecule has 0 aromatic heterocycles. The minimum absolute atomic E-state index is 0.0793. The van der Waals surface area contributed by atoms with Crippen LogP contribution in [0.2, 0.25) is 0 Å². The lowest BCUT2D eigenvalue weighted by molar-refractivity contribution is -0.384. The average molecular weight is 493 g/mol. The van der Waals surface area contributed by atoms with E-state index in [1.165, 1.54) is 37.6 Å². The third-order valence-electron chi connectivity index (χ3n) is 4.62. The summed E-state index contributed by atoms with van der Waals surface area (Å²) in [5.74, 6) is 0.405. The summed E-state index contributed by atoms with van der Waals surface area (Å²) in [4.78, 5) is 34.6. The van der Waals surface area contributed by atoms with E-state index in [1.807, 2.05) is 0 Å². The van der Waals surface area contributed by atoms with E-state index in [0.29, 0.717) is 35.0 Å². The molecule has 11 nitrogen and oxygen atoms in total. The maximum absolute atomic E-state index is 12.5. The van der Waals surface area contributed by atoms with Crippen LogP contribution in [0.5, 0.6) is 23.0 Å². The molecule has 0 radical (unpaired) electrons. The van der Waals surface area contributed by atoms with Gasteiger partial charge in [0.1, 0.15) is 11.5 Å². The zero-order valence-corrected chi connectivity index (χ0v) is 19.5. The summed E-state index contributed by atoms with van der Waals surface area (Å²) in [5, 5.41) is 14.5. The number of benzene rings is 3. The average Bonchev–Trinajstić information content (AvgIpc) is 2.89. The Bertz CT molecular complexity index is 1240. The molecule has 0 fully saturated rings. The molecule has 3 aromatic rings. The molecule has 0 aliphatic heterocycles. The maximum atomic E-state index is 12.5. The van der Waals surface area contributed by atoms with Crippen LogP contribution in [0.1, 0.15) is 22.8 Å². The van der Waals surface area contributed by atoms with Crippen molar-refractivity contribution in [1.82, 2.24) is 5.43 Å². The minimum atomic E-state index is -0.555. The Morgan fingerprint density at radius 3 is 2.31 bits per heavy atom. The second kappa shape index (κ2) is 12.5. The lowest BCUT2D eigenvalue weighted by atomic mass is 10.2. The van der Waals surface area contributed by atoms with Gasteiger partial charge in [-0.3, -0.25) is 14.9 Å². The third-order valence-corrected chi connectivity index (χ3v) is 4.62. The summed E-state index contributed by atoms with van der Waals surface area (Å²) >= 11 is 0. The molecule has 1 amide bonds. The molecule has 3 rings (SSSR count). The van der Waals surface area contributed by atoms with E-state index >= 15 is 0 Å². The fraction of sp³-hybridized carbons (Fsp3) is 0.160. The van der Waals surface area contributed by atoms with Gasteiger partial charge in [0.05, 0.1) is 30.4 Å². The summed E-state index contributed by atoms with van der Waals surface area (Å²) in [6, 6.07) is 16.7. The molecular weight excluding hydrogens is 470 g/mol. The fourth-order valence-electron chi connectivity index (χ4n) is 2.87. The topological polar surface area (TPSA) is 139 Å². The minimum Gasteiger partial charge on any atom is -0.497 e. The Morgan fingerprint density at radius 2 is 1.67 bits per heavy atom. The van der Waals surface area contributed by atoms with E-state index < -0.39 is 16.8 Å². The third kappa shape index (κ3) is 7.29. The van der Waals surface area contributed by atoms with Crippen molar-refractivity contribution in [3.8, 4) is 23.0 Å². The van der Waals surface area contributed by atoms with Gasteiger partial charge >= 0.3 is 5.97 Å². The number of hydrogen-bond donors (Lipinski definition) is 1. The molecule has 186 valence electrons. The standard InChI is InChI=1S/C25H23N3O8/c1-3-34-23-14-17(4-13-22(23)36-25(30)18-5-9-20(33-2)10-6-18)15-26-27-24(29)16-35-21-11-7-19(8-12-21)28(31)32/h4-15H,3,16H2,1-2H3,(H,27,29)/b26-15-. The van der Waals surface area contributed by atoms with Gasteiger partial charge in [0.15, 0.2) is 18.1 Å². The molecule has 0 saturated carbocycles. The number of nitrogens with one attached hydrogen (secondary N) is 1. The van der Waals surface area contributed by atoms with Gasteiger partial charge in [0.2, 0.25) is 0 Å². The summed E-state index contributed by atoms with van der Waals surface area (Å²) in [5.41, 5.74) is 3.17. The van der Waals surface area contributed by atoms with E-state index in [4.69, 9.17) is 18.9 Å². The monoisotopic (exact) mass is 493 g/mol. The number of carbonyl (C=O) groups excluding carboxylic acids is 2. The second-order valence-corrected chi connectivity index (χ2v) is 7.09. The number of nitro groups is 1. The van der Waals surface area contributed by atoms with Gasteiger partial charge in [-0.1, -0.05) is 0 Å². The molecule has 0 saturated heterocycles. The molecular formula is C25H23N3O8. The van der Waals surface area contributed by atoms with Crippen molar-refractivity contribution < 1.29 is 33.5 Å². The van der Waals surface area contributed by atoms with Crippen LogP contribution in [-0.4, -0.2) is 43.3 Å². The Labute approximate surface area is 206 Å². The van der Waals surface area contributed by atoms with Crippen molar-refractivity contribution in [2.45, 2.75) is 6.92 Å². The Balaban J connectivity index is 1.57. The number of esters is 1. The molecule has 0 bridgehead atoms. The van der Waals surface area contributed by atoms with E-state index in [0.717, 1.165) is 0 Å². The number of amides is 1. The number of nitro benzene ring substituents is 1. The van der Waals surface area contributed by atoms with Crippen LogP contribution in [0.25, 0.3) is 0 Å². The van der Waals surface area contributed by atoms with Crippen molar-refractivity contribution in [1.29, 1.82) is 0 Å². The first kappa shape index (κ1) is 25.7. The van der Waals surface area contributed by atoms with Gasteiger partial charge in [-0.2, -0.15) is 5.10 Å². The number of non-ortho nitro benzene ring substituents is 1. The summed E-state index contributed by atoms with van der Waals surface area (Å²) in [7, 11) is 1.54. The van der Waals surface area contributed by atoms with Crippen LogP contribution >= 0.6 is 0 Å². The first-order valence-electron chi connectivity index (χ1n) is 10.7. The van der Waals surface area contributed by atoms with Gasteiger partial charge in [-0.05, 0) is 67.1 Å². The predicted octanol–water partition coefficient (Wildman–Crippen LogP) is 3.75. The van der Waals surface area contributed by atoms with Gasteiger partial charge in [0, 0.05) is 12.1 Å². The largest absolute Gasteiger partial charge is 0.497 e. The molecule has 3 aromatic carbocycles. The SMILES string of the molecule is CCOc1cc(/C=N\NC(=O)COc2ccc([N+](=O)[O-])cc2)ccc1OC(=O)c1ccc(OC)cc1. The molecule has 0 atom stereocenters. The normalized spacial score (nSPS) is 10.5. The first-order chi connectivity index (χ1) is 17.4. The number of hydrogen-bond acceptors (Lipinski definition) is 9. The number of methoxy groups -OCH3 is 1. The smallest absolute Gasteiger partial charge is 0.343 e. The highest BCUT2D eigenvalue weighted by molar-refractivity contribution is 5.92. The summed E-state index contributed by atoms with van der Waals surface area (Å²) < 4.78 is 21.4. The van der Waals surface area contributed by atoms with Crippen LogP contribution < -0.4 is 24.4 Å². The van der Waals surface area contributed by atoms with Crippen molar-refractivity contribution in [3.63, 3.8) is 0 Å². The highest BCUT2D eigenvalue weighted by atomic mass is 16.6. The maximum Gasteiger partial charge on any atom is 0.343 e. The summed E-state index contributed by atoms with van der Waals surface area (Å²) in [6.07, 6.45) is 1.39. The number of ether oxygens (including phenoxy) is 4. The lowest BCUT2D eigenvalue weighted by Crippen LogP contribution is -2.24. The van der Waals surface area contributed by atoms with Crippen LogP contribution in [0.15, 0.2) is 71.8 Å². The Kier molecular flexibility index (Phi) is 8.93. The number of carbonyl (C=O) groups is 2. The highest BCUT2D eigenvalue weighted by Gasteiger charge is 2.13. The Morgan fingerprint density at radius 1 is 0.972 bits per heavy atom. The van der Waals surface area contributed by atoms with Crippen molar-refractivity contribution in [3.05, 3.63) is 88.0 Å². The second-order valence-electron chi connectivity index (χ2n) is 7.09. The van der Waals surface area contributed by atoms with E-state index in [-0.39, 0.29) is 18.0 Å². The number of rotatable bonds is 11. The van der Waals surface area contributed by atoms with Gasteiger partial charge in [0.25, 0.3) is 11.6 Å². The lowest BCUT2D eigenvalue weighted by Gasteiger charge is -2.11. The molecule has 0 spiro atoms. The molecule has 0 heterocycles.